The highest BCUT2D eigenvalue weighted by atomic mass is 32.2. The van der Waals surface area contributed by atoms with Crippen LogP contribution in [0.4, 0.5) is 5.69 Å². The van der Waals surface area contributed by atoms with Crippen LogP contribution in [0, 0.1) is 6.92 Å². The number of rotatable bonds is 13. The number of nitrogens with zero attached hydrogens (tertiary/aromatic N) is 2. The number of ether oxygens (including phenoxy) is 3. The van der Waals surface area contributed by atoms with Gasteiger partial charge in [-0.05, 0) is 55.3 Å². The largest absolute Gasteiger partial charge is 0.497 e. The summed E-state index contributed by atoms with van der Waals surface area (Å²) in [6.45, 7) is 3.09. The number of nitrogens with one attached hydrogen (secondary N) is 1. The van der Waals surface area contributed by atoms with Gasteiger partial charge >= 0.3 is 0 Å². The maximum absolute atomic E-state index is 14.1. The van der Waals surface area contributed by atoms with E-state index in [1.54, 1.807) is 49.4 Å². The van der Waals surface area contributed by atoms with Crippen LogP contribution in [0.5, 0.6) is 17.2 Å². The van der Waals surface area contributed by atoms with Crippen LogP contribution in [0.25, 0.3) is 0 Å². The first kappa shape index (κ1) is 31.3. The van der Waals surface area contributed by atoms with Crippen LogP contribution < -0.4 is 23.8 Å². The van der Waals surface area contributed by atoms with Crippen LogP contribution in [0.2, 0.25) is 0 Å². The van der Waals surface area contributed by atoms with Gasteiger partial charge in [-0.15, -0.1) is 0 Å². The molecule has 0 saturated heterocycles. The molecule has 0 spiro atoms. The second-order valence-electron chi connectivity index (χ2n) is 9.27. The molecule has 2 amide bonds. The Morgan fingerprint density at radius 1 is 0.902 bits per heavy atom. The van der Waals surface area contributed by atoms with Crippen LogP contribution >= 0.6 is 0 Å². The van der Waals surface area contributed by atoms with E-state index in [0.717, 1.165) is 9.87 Å². The molecule has 0 fully saturated rings. The highest BCUT2D eigenvalue weighted by Gasteiger charge is 2.34. The minimum absolute atomic E-state index is 0.00142. The van der Waals surface area contributed by atoms with E-state index in [0.29, 0.717) is 23.5 Å². The van der Waals surface area contributed by atoms with Gasteiger partial charge in [0.05, 0.1) is 31.9 Å². The summed E-state index contributed by atoms with van der Waals surface area (Å²) in [5.74, 6) is 0.251. The Kier molecular flexibility index (Phi) is 10.6. The van der Waals surface area contributed by atoms with Gasteiger partial charge in [-0.3, -0.25) is 13.9 Å². The van der Waals surface area contributed by atoms with Crippen molar-refractivity contribution in [2.24, 2.45) is 0 Å². The van der Waals surface area contributed by atoms with E-state index >= 15 is 0 Å². The Bertz CT molecular complexity index is 1460. The number of carbonyl (C=O) groups is 2. The fourth-order valence-electron chi connectivity index (χ4n) is 4.40. The van der Waals surface area contributed by atoms with Crippen molar-refractivity contribution in [1.29, 1.82) is 0 Å². The maximum atomic E-state index is 14.1. The molecule has 0 aliphatic carbocycles. The van der Waals surface area contributed by atoms with Crippen molar-refractivity contribution in [1.82, 2.24) is 10.2 Å². The number of hydrogen-bond donors (Lipinski definition) is 1. The number of amides is 2. The van der Waals surface area contributed by atoms with Crippen LogP contribution in [0.1, 0.15) is 24.5 Å². The molecule has 11 heteroatoms. The number of hydrogen-bond acceptors (Lipinski definition) is 7. The van der Waals surface area contributed by atoms with Crippen molar-refractivity contribution in [3.63, 3.8) is 0 Å². The lowest BCUT2D eigenvalue weighted by Crippen LogP contribution is -2.51. The van der Waals surface area contributed by atoms with Crippen molar-refractivity contribution >= 4 is 27.5 Å². The maximum Gasteiger partial charge on any atom is 0.264 e. The molecular formula is C30H37N3O7S. The summed E-state index contributed by atoms with van der Waals surface area (Å²) in [5, 5.41) is 2.61. The van der Waals surface area contributed by atoms with Crippen LogP contribution in [-0.2, 0) is 26.2 Å². The normalized spacial score (nSPS) is 11.8. The second kappa shape index (κ2) is 13.9. The summed E-state index contributed by atoms with van der Waals surface area (Å²) < 4.78 is 45.4. The monoisotopic (exact) mass is 583 g/mol. The third kappa shape index (κ3) is 7.29. The van der Waals surface area contributed by atoms with Crippen molar-refractivity contribution < 1.29 is 32.2 Å². The van der Waals surface area contributed by atoms with Crippen molar-refractivity contribution in [3.8, 4) is 17.2 Å². The van der Waals surface area contributed by atoms with Crippen LogP contribution in [0.15, 0.2) is 71.6 Å². The summed E-state index contributed by atoms with van der Waals surface area (Å²) in [6, 6.07) is 17.3. The topological polar surface area (TPSA) is 114 Å². The lowest BCUT2D eigenvalue weighted by Gasteiger charge is -2.33. The quantitative estimate of drug-likeness (QED) is 0.326. The fraction of sp³-hybridized carbons (Fsp3) is 0.333. The number of benzene rings is 3. The molecule has 0 heterocycles. The lowest BCUT2D eigenvalue weighted by molar-refractivity contribution is -0.140. The summed E-state index contributed by atoms with van der Waals surface area (Å²) in [7, 11) is 1.64. The number of carbonyl (C=O) groups excluding carboxylic acids is 2. The van der Waals surface area contributed by atoms with Gasteiger partial charge in [0.2, 0.25) is 11.8 Å². The average Bonchev–Trinajstić information content (AvgIpc) is 2.99. The standard InChI is InChI=1S/C30H37N3O7S/c1-7-26(30(35)31-3)32(19-22-9-8-10-23(17-22)38-4)29(34)20-33(27-18-24(39-5)13-16-28(27)40-6)41(36,37)25-14-11-21(2)12-15-25/h8-18,26H,7,19-20H2,1-6H3,(H,31,35). The van der Waals surface area contributed by atoms with E-state index in [9.17, 15) is 18.0 Å². The fourth-order valence-corrected chi connectivity index (χ4v) is 5.81. The summed E-state index contributed by atoms with van der Waals surface area (Å²) in [4.78, 5) is 28.4. The molecule has 10 nitrogen and oxygen atoms in total. The van der Waals surface area contributed by atoms with Gasteiger partial charge in [0, 0.05) is 19.7 Å². The minimum Gasteiger partial charge on any atom is -0.497 e. The number of aryl methyl sites for hydroxylation is 1. The average molecular weight is 584 g/mol. The highest BCUT2D eigenvalue weighted by molar-refractivity contribution is 7.92. The van der Waals surface area contributed by atoms with Crippen molar-refractivity contribution in [3.05, 3.63) is 77.9 Å². The molecule has 0 radical (unpaired) electrons. The zero-order valence-corrected chi connectivity index (χ0v) is 25.0. The first-order valence-electron chi connectivity index (χ1n) is 13.0. The summed E-state index contributed by atoms with van der Waals surface area (Å²) in [5.41, 5.74) is 1.72. The molecule has 0 aromatic heterocycles. The van der Waals surface area contributed by atoms with Gasteiger partial charge in [0.1, 0.15) is 29.8 Å². The Morgan fingerprint density at radius 3 is 2.15 bits per heavy atom. The number of likely N-dealkylation sites (N-methyl/N-ethyl adjacent to an activating group) is 1. The summed E-state index contributed by atoms with van der Waals surface area (Å²) >= 11 is 0. The number of anilines is 1. The molecule has 3 aromatic rings. The van der Waals surface area contributed by atoms with E-state index in [1.165, 1.54) is 51.5 Å². The molecule has 1 unspecified atom stereocenters. The molecule has 1 atom stereocenters. The van der Waals surface area contributed by atoms with E-state index in [-0.39, 0.29) is 28.8 Å². The van der Waals surface area contributed by atoms with Gasteiger partial charge in [0.25, 0.3) is 10.0 Å². The first-order chi connectivity index (χ1) is 19.6. The Balaban J connectivity index is 2.15. The molecule has 0 saturated carbocycles. The molecule has 3 aromatic carbocycles. The van der Waals surface area contributed by atoms with E-state index < -0.39 is 28.5 Å². The van der Waals surface area contributed by atoms with Gasteiger partial charge in [-0.2, -0.15) is 0 Å². The van der Waals surface area contributed by atoms with Gasteiger partial charge in [-0.25, -0.2) is 8.42 Å². The SMILES string of the molecule is CCC(C(=O)NC)N(Cc1cccc(OC)c1)C(=O)CN(c1cc(OC)ccc1OC)S(=O)(=O)c1ccc(C)cc1. The molecule has 3 rings (SSSR count). The Hall–Kier alpha value is -4.25. The zero-order chi connectivity index (χ0) is 30.2. The van der Waals surface area contributed by atoms with Gasteiger partial charge < -0.3 is 24.4 Å². The molecule has 0 bridgehead atoms. The zero-order valence-electron chi connectivity index (χ0n) is 24.2. The van der Waals surface area contributed by atoms with Crippen LogP contribution in [-0.4, -0.2) is 66.1 Å². The van der Waals surface area contributed by atoms with Crippen molar-refractivity contribution in [2.45, 2.75) is 37.8 Å². The van der Waals surface area contributed by atoms with Crippen molar-refractivity contribution in [2.75, 3.05) is 39.2 Å². The highest BCUT2D eigenvalue weighted by Crippen LogP contribution is 2.36. The van der Waals surface area contributed by atoms with E-state index in [4.69, 9.17) is 14.2 Å². The minimum atomic E-state index is -4.27. The molecule has 41 heavy (non-hydrogen) atoms. The predicted octanol–water partition coefficient (Wildman–Crippen LogP) is 3.77. The smallest absolute Gasteiger partial charge is 0.264 e. The Labute approximate surface area is 241 Å². The second-order valence-corrected chi connectivity index (χ2v) is 11.1. The third-order valence-electron chi connectivity index (χ3n) is 6.66. The molecular weight excluding hydrogens is 546 g/mol. The third-order valence-corrected chi connectivity index (χ3v) is 8.44. The molecule has 0 aliphatic rings. The first-order valence-corrected chi connectivity index (χ1v) is 14.5. The molecule has 1 N–H and O–H groups in total. The Morgan fingerprint density at radius 2 is 1.56 bits per heavy atom. The number of sulfonamides is 1. The molecule has 0 aliphatic heterocycles. The predicted molar refractivity (Wildman–Crippen MR) is 157 cm³/mol. The van der Waals surface area contributed by atoms with Gasteiger partial charge in [0.15, 0.2) is 0 Å². The van der Waals surface area contributed by atoms with E-state index in [1.807, 2.05) is 13.0 Å². The molecule has 220 valence electrons. The van der Waals surface area contributed by atoms with E-state index in [2.05, 4.69) is 5.32 Å². The summed E-state index contributed by atoms with van der Waals surface area (Å²) in [6.07, 6.45) is 0.308. The lowest BCUT2D eigenvalue weighted by atomic mass is 10.1. The van der Waals surface area contributed by atoms with Crippen LogP contribution in [0.3, 0.4) is 0 Å². The van der Waals surface area contributed by atoms with Gasteiger partial charge in [-0.1, -0.05) is 36.8 Å². The number of methoxy groups -OCH3 is 3.